The smallest absolute Gasteiger partial charge is 0.0436 e. The first-order valence-corrected chi connectivity index (χ1v) is 7.86. The van der Waals surface area contributed by atoms with Crippen LogP contribution in [0.1, 0.15) is 31.9 Å². The molecule has 0 amide bonds. The summed E-state index contributed by atoms with van der Waals surface area (Å²) in [7, 11) is 0. The standard InChI is InChI=1S/C15H25NOS/c1-15(2,9-10-17)12-16-14(11-18-3)13-7-5-4-6-8-13/h4-8,14,16-17H,9-12H2,1-3H3. The minimum atomic E-state index is 0.139. The second kappa shape index (κ2) is 7.82. The molecule has 0 bridgehead atoms. The van der Waals surface area contributed by atoms with Crippen LogP contribution in [-0.2, 0) is 0 Å². The minimum absolute atomic E-state index is 0.139. The van der Waals surface area contributed by atoms with Crippen LogP contribution in [0.25, 0.3) is 0 Å². The lowest BCUT2D eigenvalue weighted by molar-refractivity contribution is 0.204. The summed E-state index contributed by atoms with van der Waals surface area (Å²) in [6, 6.07) is 11.0. The molecular formula is C15H25NOS. The van der Waals surface area contributed by atoms with Crippen molar-refractivity contribution in [3.8, 4) is 0 Å². The molecule has 0 aromatic heterocycles. The van der Waals surface area contributed by atoms with Crippen molar-refractivity contribution in [3.63, 3.8) is 0 Å². The van der Waals surface area contributed by atoms with E-state index in [1.54, 1.807) is 0 Å². The molecule has 3 heteroatoms. The van der Waals surface area contributed by atoms with E-state index < -0.39 is 0 Å². The minimum Gasteiger partial charge on any atom is -0.396 e. The Morgan fingerprint density at radius 2 is 1.94 bits per heavy atom. The third-order valence-corrected chi connectivity index (χ3v) is 3.82. The van der Waals surface area contributed by atoms with E-state index in [2.05, 4.69) is 55.8 Å². The third kappa shape index (κ3) is 5.42. The molecule has 1 atom stereocenters. The summed E-state index contributed by atoms with van der Waals surface area (Å²) in [5.74, 6) is 1.07. The van der Waals surface area contributed by atoms with E-state index in [9.17, 15) is 0 Å². The fraction of sp³-hybridized carbons (Fsp3) is 0.600. The van der Waals surface area contributed by atoms with Crippen molar-refractivity contribution in [1.29, 1.82) is 0 Å². The molecule has 1 rings (SSSR count). The molecule has 0 saturated heterocycles. The summed E-state index contributed by atoms with van der Waals surface area (Å²) >= 11 is 1.86. The molecule has 18 heavy (non-hydrogen) atoms. The second-order valence-electron chi connectivity index (χ2n) is 5.44. The number of rotatable bonds is 8. The lowest BCUT2D eigenvalue weighted by Gasteiger charge is -2.28. The van der Waals surface area contributed by atoms with Crippen molar-refractivity contribution in [2.24, 2.45) is 5.41 Å². The highest BCUT2D eigenvalue weighted by Gasteiger charge is 2.19. The Labute approximate surface area is 115 Å². The van der Waals surface area contributed by atoms with Gasteiger partial charge in [-0.1, -0.05) is 44.2 Å². The monoisotopic (exact) mass is 267 g/mol. The average molecular weight is 267 g/mol. The molecular weight excluding hydrogens is 242 g/mol. The van der Waals surface area contributed by atoms with E-state index in [0.717, 1.165) is 18.7 Å². The second-order valence-corrected chi connectivity index (χ2v) is 6.35. The first kappa shape index (κ1) is 15.5. The molecule has 0 saturated carbocycles. The van der Waals surface area contributed by atoms with Crippen LogP contribution in [0.3, 0.4) is 0 Å². The normalized spacial score (nSPS) is 13.6. The third-order valence-electron chi connectivity index (χ3n) is 3.15. The van der Waals surface area contributed by atoms with Crippen molar-refractivity contribution >= 4 is 11.8 Å². The van der Waals surface area contributed by atoms with Crippen molar-refractivity contribution in [2.75, 3.05) is 25.2 Å². The predicted octanol–water partition coefficient (Wildman–Crippen LogP) is 3.09. The molecule has 0 radical (unpaired) electrons. The molecule has 0 aliphatic heterocycles. The molecule has 0 fully saturated rings. The van der Waals surface area contributed by atoms with E-state index in [1.807, 2.05) is 11.8 Å². The molecule has 1 aromatic carbocycles. The van der Waals surface area contributed by atoms with Crippen molar-refractivity contribution in [1.82, 2.24) is 5.32 Å². The largest absolute Gasteiger partial charge is 0.396 e. The van der Waals surface area contributed by atoms with Gasteiger partial charge in [-0.15, -0.1) is 0 Å². The summed E-state index contributed by atoms with van der Waals surface area (Å²) in [4.78, 5) is 0. The van der Waals surface area contributed by atoms with E-state index >= 15 is 0 Å². The molecule has 2 nitrogen and oxygen atoms in total. The number of benzene rings is 1. The number of hydrogen-bond acceptors (Lipinski definition) is 3. The van der Waals surface area contributed by atoms with Crippen molar-refractivity contribution in [3.05, 3.63) is 35.9 Å². The van der Waals surface area contributed by atoms with Gasteiger partial charge in [0.25, 0.3) is 0 Å². The molecule has 0 aliphatic rings. The summed E-state index contributed by atoms with van der Waals surface area (Å²) in [5.41, 5.74) is 1.48. The van der Waals surface area contributed by atoms with Gasteiger partial charge >= 0.3 is 0 Å². The predicted molar refractivity (Wildman–Crippen MR) is 81.1 cm³/mol. The van der Waals surface area contributed by atoms with Gasteiger partial charge in [0.1, 0.15) is 0 Å². The maximum Gasteiger partial charge on any atom is 0.0436 e. The Kier molecular flexibility index (Phi) is 6.76. The Bertz CT molecular complexity index is 327. The fourth-order valence-electron chi connectivity index (χ4n) is 1.92. The summed E-state index contributed by atoms with van der Waals surface area (Å²) in [5, 5.41) is 12.7. The Balaban J connectivity index is 2.59. The zero-order valence-electron chi connectivity index (χ0n) is 11.6. The van der Waals surface area contributed by atoms with Crippen LogP contribution in [-0.4, -0.2) is 30.3 Å². The van der Waals surface area contributed by atoms with Gasteiger partial charge in [-0.3, -0.25) is 0 Å². The Morgan fingerprint density at radius 3 is 2.50 bits per heavy atom. The van der Waals surface area contributed by atoms with Gasteiger partial charge in [0, 0.05) is 24.9 Å². The van der Waals surface area contributed by atoms with E-state index in [0.29, 0.717) is 6.04 Å². The quantitative estimate of drug-likeness (QED) is 0.759. The van der Waals surface area contributed by atoms with Gasteiger partial charge in [-0.2, -0.15) is 11.8 Å². The summed E-state index contributed by atoms with van der Waals surface area (Å²) in [6.07, 6.45) is 2.97. The lowest BCUT2D eigenvalue weighted by Crippen LogP contribution is -2.34. The fourth-order valence-corrected chi connectivity index (χ4v) is 2.56. The maximum atomic E-state index is 9.06. The van der Waals surface area contributed by atoms with Gasteiger partial charge in [0.2, 0.25) is 0 Å². The van der Waals surface area contributed by atoms with Gasteiger partial charge < -0.3 is 10.4 Å². The van der Waals surface area contributed by atoms with Gasteiger partial charge in [0.15, 0.2) is 0 Å². The van der Waals surface area contributed by atoms with Crippen LogP contribution >= 0.6 is 11.8 Å². The SMILES string of the molecule is CSCC(NCC(C)(C)CCO)c1ccccc1. The number of aliphatic hydroxyl groups is 1. The highest BCUT2D eigenvalue weighted by atomic mass is 32.2. The summed E-state index contributed by atoms with van der Waals surface area (Å²) < 4.78 is 0. The van der Waals surface area contributed by atoms with Crippen LogP contribution in [0.4, 0.5) is 0 Å². The molecule has 102 valence electrons. The van der Waals surface area contributed by atoms with Crippen LogP contribution in [0.15, 0.2) is 30.3 Å². The first-order chi connectivity index (χ1) is 8.59. The summed E-state index contributed by atoms with van der Waals surface area (Å²) in [6.45, 7) is 5.57. The van der Waals surface area contributed by atoms with E-state index in [1.165, 1.54) is 5.56 Å². The lowest BCUT2D eigenvalue weighted by atomic mass is 9.89. The van der Waals surface area contributed by atoms with Gasteiger partial charge in [-0.05, 0) is 23.7 Å². The van der Waals surface area contributed by atoms with Crippen LogP contribution in [0.5, 0.6) is 0 Å². The molecule has 0 heterocycles. The highest BCUT2D eigenvalue weighted by molar-refractivity contribution is 7.98. The van der Waals surface area contributed by atoms with E-state index in [-0.39, 0.29) is 12.0 Å². The Hall–Kier alpha value is -0.510. The molecule has 0 spiro atoms. The first-order valence-electron chi connectivity index (χ1n) is 6.47. The van der Waals surface area contributed by atoms with Crippen LogP contribution in [0.2, 0.25) is 0 Å². The van der Waals surface area contributed by atoms with Crippen molar-refractivity contribution < 1.29 is 5.11 Å². The maximum absolute atomic E-state index is 9.06. The molecule has 0 aliphatic carbocycles. The van der Waals surface area contributed by atoms with Gasteiger partial charge in [0.05, 0.1) is 0 Å². The molecule has 1 unspecified atom stereocenters. The zero-order valence-corrected chi connectivity index (χ0v) is 12.5. The number of nitrogens with one attached hydrogen (secondary N) is 1. The van der Waals surface area contributed by atoms with Crippen LogP contribution in [0, 0.1) is 5.41 Å². The number of hydrogen-bond donors (Lipinski definition) is 2. The topological polar surface area (TPSA) is 32.3 Å². The zero-order chi connectivity index (χ0) is 13.4. The van der Waals surface area contributed by atoms with Gasteiger partial charge in [-0.25, -0.2) is 0 Å². The molecule has 2 N–H and O–H groups in total. The number of aliphatic hydroxyl groups excluding tert-OH is 1. The highest BCUT2D eigenvalue weighted by Crippen LogP contribution is 2.22. The van der Waals surface area contributed by atoms with Crippen molar-refractivity contribution in [2.45, 2.75) is 26.3 Å². The number of thioether (sulfide) groups is 1. The van der Waals surface area contributed by atoms with E-state index in [4.69, 9.17) is 5.11 Å². The van der Waals surface area contributed by atoms with Crippen LogP contribution < -0.4 is 5.32 Å². The average Bonchev–Trinajstić information content (AvgIpc) is 2.35. The Morgan fingerprint density at radius 1 is 1.28 bits per heavy atom. The molecule has 1 aromatic rings.